The van der Waals surface area contributed by atoms with Gasteiger partial charge in [-0.1, -0.05) is 13.0 Å². The van der Waals surface area contributed by atoms with E-state index in [0.717, 1.165) is 34.6 Å². The molecule has 3 aliphatic rings. The summed E-state index contributed by atoms with van der Waals surface area (Å²) in [5.41, 5.74) is 0.674. The highest BCUT2D eigenvalue weighted by Crippen LogP contribution is 2.40. The maximum Gasteiger partial charge on any atom is 0.325 e. The zero-order valence-electron chi connectivity index (χ0n) is 18.2. The molecule has 0 radical (unpaired) electrons. The first-order valence-electron chi connectivity index (χ1n) is 10.7. The molecule has 1 aromatic heterocycles. The molecular formula is C23H22N4O5S. The molecule has 5 rings (SSSR count). The minimum atomic E-state index is -1.34. The molecule has 0 unspecified atom stereocenters. The Hall–Kier alpha value is -3.58. The van der Waals surface area contributed by atoms with E-state index < -0.39 is 29.9 Å². The molecule has 2 N–H and O–H groups in total. The summed E-state index contributed by atoms with van der Waals surface area (Å²) in [6.45, 7) is 3.40. The average molecular weight is 467 g/mol. The van der Waals surface area contributed by atoms with Gasteiger partial charge in [0.1, 0.15) is 23.2 Å². The standard InChI is InChI=1S/C23H22N4O5S/c1-12-3-5-14-15(9-24)20(33-18(14)7-12)25-19(28)10-27-21(29)23(2,26-22(27)30)13-4-6-16-17(8-13)32-11-31-16/h4,6,8,12H,3,5,7,10-11H2,1-2H3,(H,25,28)(H,26,30)/t12-,23+/m1/s1. The summed E-state index contributed by atoms with van der Waals surface area (Å²) in [5, 5.41) is 15.5. The highest BCUT2D eigenvalue weighted by atomic mass is 32.1. The van der Waals surface area contributed by atoms with E-state index in [1.54, 1.807) is 25.1 Å². The number of nitriles is 1. The van der Waals surface area contributed by atoms with Crippen LogP contribution in [0.5, 0.6) is 11.5 Å². The van der Waals surface area contributed by atoms with Gasteiger partial charge in [-0.05, 0) is 55.4 Å². The number of nitrogens with zero attached hydrogens (tertiary/aromatic N) is 2. The Morgan fingerprint density at radius 2 is 2.15 bits per heavy atom. The highest BCUT2D eigenvalue weighted by Gasteiger charge is 2.50. The number of benzene rings is 1. The molecular weight excluding hydrogens is 444 g/mol. The third-order valence-corrected chi connectivity index (χ3v) is 7.57. The van der Waals surface area contributed by atoms with Crippen molar-refractivity contribution in [1.82, 2.24) is 10.2 Å². The first kappa shape index (κ1) is 21.3. The smallest absolute Gasteiger partial charge is 0.325 e. The fraction of sp³-hybridized carbons (Fsp3) is 0.391. The van der Waals surface area contributed by atoms with Crippen LogP contribution in [0.4, 0.5) is 9.80 Å². The molecule has 1 aromatic carbocycles. The molecule has 4 amide bonds. The van der Waals surface area contributed by atoms with Crippen LogP contribution >= 0.6 is 11.3 Å². The third-order valence-electron chi connectivity index (χ3n) is 6.40. The average Bonchev–Trinajstić information content (AvgIpc) is 3.44. The maximum absolute atomic E-state index is 13.2. The molecule has 3 heterocycles. The lowest BCUT2D eigenvalue weighted by atomic mass is 9.89. The van der Waals surface area contributed by atoms with Gasteiger partial charge in [0.2, 0.25) is 12.7 Å². The van der Waals surface area contributed by atoms with Crippen LogP contribution < -0.4 is 20.1 Å². The van der Waals surface area contributed by atoms with Gasteiger partial charge >= 0.3 is 6.03 Å². The van der Waals surface area contributed by atoms with Gasteiger partial charge in [0.15, 0.2) is 11.5 Å². The second kappa shape index (κ2) is 7.78. The lowest BCUT2D eigenvalue weighted by molar-refractivity contribution is -0.133. The van der Waals surface area contributed by atoms with E-state index in [2.05, 4.69) is 23.6 Å². The van der Waals surface area contributed by atoms with Gasteiger partial charge in [-0.3, -0.25) is 14.5 Å². The summed E-state index contributed by atoms with van der Waals surface area (Å²) >= 11 is 1.40. The molecule has 9 nitrogen and oxygen atoms in total. The van der Waals surface area contributed by atoms with Crippen molar-refractivity contribution >= 4 is 34.2 Å². The topological polar surface area (TPSA) is 121 Å². The van der Waals surface area contributed by atoms with Crippen molar-refractivity contribution in [1.29, 1.82) is 5.26 Å². The summed E-state index contributed by atoms with van der Waals surface area (Å²) < 4.78 is 10.7. The number of hydrogen-bond donors (Lipinski definition) is 2. The van der Waals surface area contributed by atoms with Crippen LogP contribution in [-0.2, 0) is 28.0 Å². The molecule has 33 heavy (non-hydrogen) atoms. The number of imide groups is 1. The van der Waals surface area contributed by atoms with Crippen molar-refractivity contribution in [2.45, 2.75) is 38.6 Å². The number of hydrogen-bond acceptors (Lipinski definition) is 7. The van der Waals surface area contributed by atoms with Gasteiger partial charge in [-0.25, -0.2) is 4.79 Å². The van der Waals surface area contributed by atoms with Crippen LogP contribution in [0.2, 0.25) is 0 Å². The van der Waals surface area contributed by atoms with Crippen molar-refractivity contribution in [2.75, 3.05) is 18.7 Å². The van der Waals surface area contributed by atoms with Crippen LogP contribution in [0, 0.1) is 17.2 Å². The summed E-state index contributed by atoms with van der Waals surface area (Å²) in [4.78, 5) is 40.6. The van der Waals surface area contributed by atoms with Crippen molar-refractivity contribution in [3.63, 3.8) is 0 Å². The number of urea groups is 1. The molecule has 2 aliphatic heterocycles. The number of rotatable bonds is 4. The molecule has 10 heteroatoms. The SMILES string of the molecule is C[C@@H]1CCc2c(sc(NC(=O)CN3C(=O)N[C@@](C)(c4ccc5c(c4)OCO5)C3=O)c2C#N)C1. The van der Waals surface area contributed by atoms with Crippen LogP contribution in [0.25, 0.3) is 0 Å². The summed E-state index contributed by atoms with van der Waals surface area (Å²) in [7, 11) is 0. The molecule has 2 atom stereocenters. The van der Waals surface area contributed by atoms with Gasteiger partial charge in [0, 0.05) is 4.88 Å². The van der Waals surface area contributed by atoms with E-state index in [1.807, 2.05) is 0 Å². The van der Waals surface area contributed by atoms with Crippen LogP contribution in [0.3, 0.4) is 0 Å². The Kier molecular flexibility index (Phi) is 5.01. The predicted molar refractivity (Wildman–Crippen MR) is 119 cm³/mol. The van der Waals surface area contributed by atoms with Crippen molar-refractivity contribution < 1.29 is 23.9 Å². The Morgan fingerprint density at radius 1 is 1.36 bits per heavy atom. The van der Waals surface area contributed by atoms with E-state index in [0.29, 0.717) is 33.5 Å². The second-order valence-corrected chi connectivity index (χ2v) is 9.84. The largest absolute Gasteiger partial charge is 0.454 e. The van der Waals surface area contributed by atoms with E-state index in [4.69, 9.17) is 9.47 Å². The zero-order chi connectivity index (χ0) is 23.3. The van der Waals surface area contributed by atoms with Crippen LogP contribution in [0.1, 0.15) is 41.8 Å². The minimum Gasteiger partial charge on any atom is -0.454 e. The van der Waals surface area contributed by atoms with E-state index in [1.165, 1.54) is 11.3 Å². The summed E-state index contributed by atoms with van der Waals surface area (Å²) in [6, 6.07) is 6.57. The zero-order valence-corrected chi connectivity index (χ0v) is 19.0. The Bertz CT molecular complexity index is 1230. The number of carbonyl (C=O) groups is 3. The molecule has 0 spiro atoms. The van der Waals surface area contributed by atoms with Gasteiger partial charge < -0.3 is 20.1 Å². The van der Waals surface area contributed by atoms with Crippen molar-refractivity contribution in [3.05, 3.63) is 39.8 Å². The fourth-order valence-electron chi connectivity index (χ4n) is 4.51. The van der Waals surface area contributed by atoms with E-state index in [9.17, 15) is 19.6 Å². The summed E-state index contributed by atoms with van der Waals surface area (Å²) in [5.74, 6) is 0.521. The quantitative estimate of drug-likeness (QED) is 0.669. The second-order valence-electron chi connectivity index (χ2n) is 8.73. The fourth-order valence-corrected chi connectivity index (χ4v) is 5.89. The van der Waals surface area contributed by atoms with Gasteiger partial charge in [0.25, 0.3) is 5.91 Å². The Morgan fingerprint density at radius 3 is 2.94 bits per heavy atom. The number of amides is 4. The number of ether oxygens (including phenoxy) is 2. The first-order valence-corrected chi connectivity index (χ1v) is 11.5. The molecule has 1 aliphatic carbocycles. The normalized spacial score (nSPS) is 23.2. The van der Waals surface area contributed by atoms with Crippen LogP contribution in [-0.4, -0.2) is 36.1 Å². The monoisotopic (exact) mass is 466 g/mol. The van der Waals surface area contributed by atoms with E-state index in [-0.39, 0.29) is 6.79 Å². The Labute approximate surface area is 194 Å². The maximum atomic E-state index is 13.2. The lowest BCUT2D eigenvalue weighted by Crippen LogP contribution is -2.42. The molecule has 170 valence electrons. The number of thiophene rings is 1. The molecule has 2 aromatic rings. The Balaban J connectivity index is 1.33. The van der Waals surface area contributed by atoms with Crippen molar-refractivity contribution in [2.24, 2.45) is 5.92 Å². The number of fused-ring (bicyclic) bond motifs is 2. The number of anilines is 1. The van der Waals surface area contributed by atoms with E-state index >= 15 is 0 Å². The third kappa shape index (κ3) is 3.49. The van der Waals surface area contributed by atoms with Crippen LogP contribution in [0.15, 0.2) is 18.2 Å². The van der Waals surface area contributed by atoms with Gasteiger partial charge in [0.05, 0.1) is 5.56 Å². The predicted octanol–water partition coefficient (Wildman–Crippen LogP) is 2.88. The lowest BCUT2D eigenvalue weighted by Gasteiger charge is -2.22. The molecule has 1 fully saturated rings. The molecule has 0 bridgehead atoms. The van der Waals surface area contributed by atoms with Crippen molar-refractivity contribution in [3.8, 4) is 17.6 Å². The van der Waals surface area contributed by atoms with Gasteiger partial charge in [-0.15, -0.1) is 11.3 Å². The summed E-state index contributed by atoms with van der Waals surface area (Å²) in [6.07, 6.45) is 2.70. The highest BCUT2D eigenvalue weighted by molar-refractivity contribution is 7.16. The molecule has 1 saturated heterocycles. The number of carbonyl (C=O) groups excluding carboxylic acids is 3. The number of nitrogens with one attached hydrogen (secondary N) is 2. The minimum absolute atomic E-state index is 0.0951. The molecule has 0 saturated carbocycles. The van der Waals surface area contributed by atoms with Gasteiger partial charge in [-0.2, -0.15) is 5.26 Å². The first-order chi connectivity index (χ1) is 15.8.